The molecule has 0 amide bonds. The average Bonchev–Trinajstić information content (AvgIpc) is 3.19. The van der Waals surface area contributed by atoms with Crippen LogP contribution < -0.4 is 10.3 Å². The molecule has 3 aromatic rings. The largest absolute Gasteiger partial charge is 0.476 e. The lowest BCUT2D eigenvalue weighted by atomic mass is 10.1. The molecule has 0 aromatic carbocycles. The molecule has 0 aliphatic heterocycles. The third-order valence-corrected chi connectivity index (χ3v) is 5.41. The third kappa shape index (κ3) is 3.85. The molecule has 0 bridgehead atoms. The Labute approximate surface area is 163 Å². The number of ether oxygens (including phenoxy) is 1. The van der Waals surface area contributed by atoms with E-state index < -0.39 is 0 Å². The van der Waals surface area contributed by atoms with Gasteiger partial charge in [0.2, 0.25) is 5.88 Å². The van der Waals surface area contributed by atoms with Gasteiger partial charge in [0.25, 0.3) is 5.56 Å². The molecule has 0 unspecified atom stereocenters. The van der Waals surface area contributed by atoms with Gasteiger partial charge in [0.1, 0.15) is 0 Å². The standard InChI is InChI=1S/C20H26N6O2/c1-13-9-16(21-25(13)3)6-5-14-11-19(23-26(4)20(14)27)28-12-15-10-17(15)18-7-8-24(2)22-18/h7-9,11,15,17H,5-6,10,12H2,1-4H3/t15-,17+/m1/s1. The zero-order chi connectivity index (χ0) is 19.8. The van der Waals surface area contributed by atoms with Crippen LogP contribution in [0.15, 0.2) is 29.2 Å². The van der Waals surface area contributed by atoms with E-state index in [0.29, 0.717) is 42.7 Å². The maximum absolute atomic E-state index is 12.4. The van der Waals surface area contributed by atoms with E-state index in [-0.39, 0.29) is 5.56 Å². The number of rotatable bonds is 7. The van der Waals surface area contributed by atoms with Crippen molar-refractivity contribution in [2.75, 3.05) is 6.61 Å². The molecule has 3 aromatic heterocycles. The van der Waals surface area contributed by atoms with Crippen LogP contribution in [0.4, 0.5) is 0 Å². The normalized spacial score (nSPS) is 18.4. The second-order valence-corrected chi connectivity index (χ2v) is 7.66. The van der Waals surface area contributed by atoms with Crippen LogP contribution in [0.2, 0.25) is 0 Å². The first-order chi connectivity index (χ1) is 13.4. The molecule has 1 aliphatic rings. The molecule has 2 atom stereocenters. The minimum atomic E-state index is -0.0854. The van der Waals surface area contributed by atoms with Gasteiger partial charge in [-0.15, -0.1) is 5.10 Å². The van der Waals surface area contributed by atoms with Crippen molar-refractivity contribution in [3.8, 4) is 5.88 Å². The van der Waals surface area contributed by atoms with Crippen LogP contribution in [0.5, 0.6) is 5.88 Å². The van der Waals surface area contributed by atoms with E-state index in [1.54, 1.807) is 13.1 Å². The Kier molecular flexibility index (Phi) is 4.78. The molecular weight excluding hydrogens is 356 g/mol. The first kappa shape index (κ1) is 18.5. The highest BCUT2D eigenvalue weighted by molar-refractivity contribution is 5.21. The van der Waals surface area contributed by atoms with Crippen LogP contribution in [-0.4, -0.2) is 35.9 Å². The molecule has 1 aliphatic carbocycles. The monoisotopic (exact) mass is 382 g/mol. The molecule has 0 spiro atoms. The summed E-state index contributed by atoms with van der Waals surface area (Å²) < 4.78 is 11.0. The molecule has 148 valence electrons. The Bertz CT molecular complexity index is 1030. The molecular formula is C20H26N6O2. The molecule has 8 heteroatoms. The predicted molar refractivity (Wildman–Crippen MR) is 104 cm³/mol. The van der Waals surface area contributed by atoms with Gasteiger partial charge in [0.15, 0.2) is 0 Å². The van der Waals surface area contributed by atoms with Crippen LogP contribution in [0.3, 0.4) is 0 Å². The van der Waals surface area contributed by atoms with Gasteiger partial charge in [-0.3, -0.25) is 14.2 Å². The molecule has 0 saturated heterocycles. The lowest BCUT2D eigenvalue weighted by Crippen LogP contribution is -2.24. The van der Waals surface area contributed by atoms with Crippen LogP contribution in [0.25, 0.3) is 0 Å². The van der Waals surface area contributed by atoms with Gasteiger partial charge < -0.3 is 4.74 Å². The van der Waals surface area contributed by atoms with Gasteiger partial charge >= 0.3 is 0 Å². The molecule has 1 fully saturated rings. The smallest absolute Gasteiger partial charge is 0.269 e. The Hall–Kier alpha value is -2.90. The first-order valence-corrected chi connectivity index (χ1v) is 9.60. The summed E-state index contributed by atoms with van der Waals surface area (Å²) in [7, 11) is 5.52. The van der Waals surface area contributed by atoms with Crippen molar-refractivity contribution in [3.63, 3.8) is 0 Å². The van der Waals surface area contributed by atoms with Crippen molar-refractivity contribution in [3.05, 3.63) is 57.4 Å². The summed E-state index contributed by atoms with van der Waals surface area (Å²) in [5, 5.41) is 13.2. The zero-order valence-corrected chi connectivity index (χ0v) is 16.8. The van der Waals surface area contributed by atoms with Gasteiger partial charge in [0.05, 0.1) is 18.0 Å². The van der Waals surface area contributed by atoms with Crippen molar-refractivity contribution in [1.29, 1.82) is 0 Å². The fourth-order valence-corrected chi connectivity index (χ4v) is 3.53. The summed E-state index contributed by atoms with van der Waals surface area (Å²) in [5.41, 5.74) is 3.83. The van der Waals surface area contributed by atoms with E-state index in [2.05, 4.69) is 21.4 Å². The molecule has 8 nitrogen and oxygen atoms in total. The second kappa shape index (κ2) is 7.26. The number of aromatic nitrogens is 6. The number of aryl methyl sites for hydroxylation is 6. The van der Waals surface area contributed by atoms with Gasteiger partial charge in [-0.1, -0.05) is 0 Å². The van der Waals surface area contributed by atoms with Gasteiger partial charge in [-0.25, -0.2) is 4.68 Å². The Morgan fingerprint density at radius 3 is 2.61 bits per heavy atom. The SMILES string of the molecule is Cc1cc(CCc2cc(OC[C@H]3C[C@@H]3c3ccn(C)n3)nn(C)c2=O)nn1C. The van der Waals surface area contributed by atoms with E-state index in [1.807, 2.05) is 42.6 Å². The average molecular weight is 382 g/mol. The van der Waals surface area contributed by atoms with Gasteiger partial charge in [-0.05, 0) is 38.3 Å². The summed E-state index contributed by atoms with van der Waals surface area (Å²) in [6, 6.07) is 5.89. The molecule has 3 heterocycles. The number of nitrogens with zero attached hydrogens (tertiary/aromatic N) is 6. The Morgan fingerprint density at radius 2 is 1.93 bits per heavy atom. The number of hydrogen-bond donors (Lipinski definition) is 0. The Balaban J connectivity index is 1.39. The van der Waals surface area contributed by atoms with Crippen molar-refractivity contribution in [1.82, 2.24) is 29.3 Å². The minimum Gasteiger partial charge on any atom is -0.476 e. The van der Waals surface area contributed by atoms with Crippen molar-refractivity contribution in [2.45, 2.75) is 32.1 Å². The predicted octanol–water partition coefficient (Wildman–Crippen LogP) is 1.52. The molecule has 0 radical (unpaired) electrons. The van der Waals surface area contributed by atoms with Crippen LogP contribution in [0, 0.1) is 12.8 Å². The van der Waals surface area contributed by atoms with Crippen molar-refractivity contribution in [2.24, 2.45) is 27.1 Å². The molecule has 28 heavy (non-hydrogen) atoms. The van der Waals surface area contributed by atoms with Crippen LogP contribution in [-0.2, 0) is 34.0 Å². The molecule has 1 saturated carbocycles. The van der Waals surface area contributed by atoms with Crippen LogP contribution >= 0.6 is 0 Å². The highest BCUT2D eigenvalue weighted by Gasteiger charge is 2.40. The van der Waals surface area contributed by atoms with Crippen molar-refractivity contribution < 1.29 is 4.74 Å². The lowest BCUT2D eigenvalue weighted by molar-refractivity contribution is 0.277. The topological polar surface area (TPSA) is 79.8 Å². The molecule has 4 rings (SSSR count). The Morgan fingerprint density at radius 1 is 1.11 bits per heavy atom. The highest BCUT2D eigenvalue weighted by atomic mass is 16.5. The van der Waals surface area contributed by atoms with Crippen molar-refractivity contribution >= 4 is 0 Å². The van der Waals surface area contributed by atoms with E-state index in [0.717, 1.165) is 23.5 Å². The summed E-state index contributed by atoms with van der Waals surface area (Å²) in [6.07, 6.45) is 4.37. The fraction of sp³-hybridized carbons (Fsp3) is 0.500. The summed E-state index contributed by atoms with van der Waals surface area (Å²) >= 11 is 0. The summed E-state index contributed by atoms with van der Waals surface area (Å²) in [5.74, 6) is 1.41. The van der Waals surface area contributed by atoms with E-state index in [9.17, 15) is 4.79 Å². The second-order valence-electron chi connectivity index (χ2n) is 7.66. The maximum atomic E-state index is 12.4. The van der Waals surface area contributed by atoms with Crippen LogP contribution in [0.1, 0.15) is 35.0 Å². The number of hydrogen-bond acceptors (Lipinski definition) is 5. The highest BCUT2D eigenvalue weighted by Crippen LogP contribution is 2.46. The van der Waals surface area contributed by atoms with E-state index in [4.69, 9.17) is 4.74 Å². The molecule has 0 N–H and O–H groups in total. The summed E-state index contributed by atoms with van der Waals surface area (Å²) in [4.78, 5) is 12.4. The summed E-state index contributed by atoms with van der Waals surface area (Å²) in [6.45, 7) is 2.61. The zero-order valence-electron chi connectivity index (χ0n) is 16.8. The van der Waals surface area contributed by atoms with Gasteiger partial charge in [0, 0.05) is 56.5 Å². The fourth-order valence-electron chi connectivity index (χ4n) is 3.53. The third-order valence-electron chi connectivity index (χ3n) is 5.41. The quantitative estimate of drug-likeness (QED) is 0.619. The first-order valence-electron chi connectivity index (χ1n) is 9.60. The minimum absolute atomic E-state index is 0.0854. The van der Waals surface area contributed by atoms with E-state index in [1.165, 1.54) is 4.68 Å². The van der Waals surface area contributed by atoms with Gasteiger partial charge in [-0.2, -0.15) is 10.2 Å². The maximum Gasteiger partial charge on any atom is 0.269 e. The lowest BCUT2D eigenvalue weighted by Gasteiger charge is -2.08. The van der Waals surface area contributed by atoms with E-state index >= 15 is 0 Å².